The first-order chi connectivity index (χ1) is 34.9. The molecule has 10 rings (SSSR count). The number of aromatic nitrogens is 2. The summed E-state index contributed by atoms with van der Waals surface area (Å²) in [5.41, 5.74) is 19.0. The van der Waals surface area contributed by atoms with Crippen LogP contribution in [-0.2, 0) is 27.2 Å². The molecule has 0 amide bonds. The van der Waals surface area contributed by atoms with Crippen molar-refractivity contribution in [1.29, 1.82) is 0 Å². The molecule has 1 aromatic heterocycles. The van der Waals surface area contributed by atoms with Gasteiger partial charge in [-0.05, 0) is 144 Å². The molecule has 0 saturated heterocycles. The van der Waals surface area contributed by atoms with Gasteiger partial charge in [0.2, 0.25) is 0 Å². The molecule has 346 valence electrons. The van der Waals surface area contributed by atoms with Crippen LogP contribution in [0.4, 0.5) is 34.1 Å². The largest absolute Gasteiger partial charge is 0.469 e. The quantitative estimate of drug-likeness (QED) is 0.0706. The van der Waals surface area contributed by atoms with Crippen molar-refractivity contribution in [3.05, 3.63) is 241 Å². The fourth-order valence-corrected chi connectivity index (χ4v) is 9.06. The molecule has 0 N–H and O–H groups in total. The van der Waals surface area contributed by atoms with Gasteiger partial charge in [-0.15, -0.1) is 0 Å². The predicted molar refractivity (Wildman–Crippen MR) is 290 cm³/mol. The van der Waals surface area contributed by atoms with Gasteiger partial charge in [0.15, 0.2) is 0 Å². The molecule has 0 spiro atoms. The number of carbonyl (C=O) groups excluding carboxylic acids is 2. The van der Waals surface area contributed by atoms with E-state index in [4.69, 9.17) is 14.7 Å². The van der Waals surface area contributed by atoms with Gasteiger partial charge < -0.3 is 19.3 Å². The van der Waals surface area contributed by atoms with Crippen molar-refractivity contribution in [2.75, 3.05) is 16.9 Å². The van der Waals surface area contributed by atoms with Crippen LogP contribution in [0.1, 0.15) is 29.5 Å². The van der Waals surface area contributed by atoms with E-state index in [1.807, 2.05) is 18.2 Å². The van der Waals surface area contributed by atoms with Gasteiger partial charge in [-0.3, -0.25) is 4.79 Å². The van der Waals surface area contributed by atoms with Gasteiger partial charge in [0.05, 0.1) is 29.5 Å². The fourth-order valence-electron chi connectivity index (χ4n) is 9.06. The first-order valence-corrected chi connectivity index (χ1v) is 24.0. The van der Waals surface area contributed by atoms with Crippen molar-refractivity contribution in [3.8, 4) is 44.8 Å². The van der Waals surface area contributed by atoms with Crippen molar-refractivity contribution < 1.29 is 14.3 Å². The zero-order chi connectivity index (χ0) is 48.5. The molecule has 7 heteroatoms. The lowest BCUT2D eigenvalue weighted by Crippen LogP contribution is -2.10. The second-order valence-electron chi connectivity index (χ2n) is 17.6. The number of carbonyl (C=O) groups is 2. The number of aldehydes is 1. The Morgan fingerprint density at radius 1 is 0.437 bits per heavy atom. The van der Waals surface area contributed by atoms with Crippen molar-refractivity contribution >= 4 is 57.4 Å². The van der Waals surface area contributed by atoms with Crippen LogP contribution in [0.2, 0.25) is 0 Å². The van der Waals surface area contributed by atoms with E-state index in [-0.39, 0.29) is 5.97 Å². The minimum absolute atomic E-state index is 0.223. The average molecular weight is 925 g/mol. The number of hydrogen-bond acceptors (Lipinski definition) is 7. The molecular weight excluding hydrogens is 873 g/mol. The highest BCUT2D eigenvalue weighted by Gasteiger charge is 2.19. The van der Waals surface area contributed by atoms with E-state index in [9.17, 15) is 9.59 Å². The molecule has 7 nitrogen and oxygen atoms in total. The van der Waals surface area contributed by atoms with Crippen molar-refractivity contribution in [2.24, 2.45) is 0 Å². The summed E-state index contributed by atoms with van der Waals surface area (Å²) in [7, 11) is 1.42. The molecule has 0 aliphatic rings. The SMILES string of the molecule is COC(=O)CCc1ccc(N(c2ccc(-c3ccccc3)cc2)c2ccc(-c3nc4cc(C)ccc4nc3-c3ccc(N(c4ccc(CCC=O)cc4)c4ccc(-c5ccccc5)cc4)cc3)cc2)cc1. The van der Waals surface area contributed by atoms with E-state index >= 15 is 0 Å². The van der Waals surface area contributed by atoms with Crippen LogP contribution in [0.15, 0.2) is 224 Å². The Hall–Kier alpha value is -8.94. The van der Waals surface area contributed by atoms with Crippen LogP contribution in [0.25, 0.3) is 55.8 Å². The van der Waals surface area contributed by atoms with E-state index in [1.54, 1.807) is 0 Å². The van der Waals surface area contributed by atoms with Crippen molar-refractivity contribution in [3.63, 3.8) is 0 Å². The molecule has 71 heavy (non-hydrogen) atoms. The minimum atomic E-state index is -0.223. The Kier molecular flexibility index (Phi) is 13.6. The molecule has 1 heterocycles. The molecule has 9 aromatic carbocycles. The van der Waals surface area contributed by atoms with Gasteiger partial charge in [-0.2, -0.15) is 0 Å². The van der Waals surface area contributed by atoms with Gasteiger partial charge in [-0.1, -0.05) is 140 Å². The minimum Gasteiger partial charge on any atom is -0.469 e. The Bertz CT molecular complexity index is 3400. The van der Waals surface area contributed by atoms with Crippen LogP contribution in [0, 0.1) is 6.92 Å². The standard InChI is InChI=1S/C64H52N4O3/c1-45-15-41-60-61(44-45)66-64(53-27-39-59(40-28-53)68(55-31-18-47(19-32-55)20-42-62(70)71-2)57-35-23-51(24-36-57)49-13-7-4-8-14-49)63(65-60)52-25-37-58(38-26-52)67(54-29-16-46(17-30-54)10-9-43-69)56-33-21-50(22-34-56)48-11-5-3-6-12-48/h3-8,11-19,21-41,43-44H,9-10,20,42H2,1-2H3. The monoisotopic (exact) mass is 924 g/mol. The second kappa shape index (κ2) is 21.1. The summed E-state index contributed by atoms with van der Waals surface area (Å²) in [4.78, 5) is 38.2. The first-order valence-electron chi connectivity index (χ1n) is 24.0. The van der Waals surface area contributed by atoms with E-state index < -0.39 is 0 Å². The third kappa shape index (κ3) is 10.4. The lowest BCUT2D eigenvalue weighted by atomic mass is 10.0. The lowest BCUT2D eigenvalue weighted by Gasteiger charge is -2.26. The maximum Gasteiger partial charge on any atom is 0.305 e. The molecule has 0 aliphatic heterocycles. The Labute approximate surface area is 415 Å². The first kappa shape index (κ1) is 45.8. The summed E-state index contributed by atoms with van der Waals surface area (Å²) in [5.74, 6) is -0.223. The number of ether oxygens (including phenoxy) is 1. The predicted octanol–water partition coefficient (Wildman–Crippen LogP) is 15.8. The summed E-state index contributed by atoms with van der Waals surface area (Å²) in [6.07, 6.45) is 3.10. The number of anilines is 6. The van der Waals surface area contributed by atoms with Crippen LogP contribution in [0.3, 0.4) is 0 Å². The lowest BCUT2D eigenvalue weighted by molar-refractivity contribution is -0.140. The third-order valence-corrected chi connectivity index (χ3v) is 12.9. The average Bonchev–Trinajstić information content (AvgIpc) is 3.43. The summed E-state index contributed by atoms with van der Waals surface area (Å²) in [6.45, 7) is 2.08. The Morgan fingerprint density at radius 3 is 1.21 bits per heavy atom. The maximum absolute atomic E-state index is 11.9. The summed E-state index contributed by atoms with van der Waals surface area (Å²) in [5, 5.41) is 0. The topological polar surface area (TPSA) is 75.6 Å². The van der Waals surface area contributed by atoms with Gasteiger partial charge in [0.25, 0.3) is 0 Å². The Morgan fingerprint density at radius 2 is 0.803 bits per heavy atom. The molecule has 0 atom stereocenters. The fraction of sp³-hybridized carbons (Fsp3) is 0.0938. The van der Waals surface area contributed by atoms with Crippen molar-refractivity contribution in [1.82, 2.24) is 9.97 Å². The van der Waals surface area contributed by atoms with Gasteiger partial charge in [0.1, 0.15) is 6.29 Å². The zero-order valence-electron chi connectivity index (χ0n) is 39.8. The molecule has 0 fully saturated rings. The van der Waals surface area contributed by atoms with Gasteiger partial charge in [0, 0.05) is 58.1 Å². The number of nitrogens with zero attached hydrogens (tertiary/aromatic N) is 4. The number of rotatable bonds is 16. The normalized spacial score (nSPS) is 11.0. The van der Waals surface area contributed by atoms with Crippen LogP contribution < -0.4 is 9.80 Å². The highest BCUT2D eigenvalue weighted by atomic mass is 16.5. The highest BCUT2D eigenvalue weighted by molar-refractivity contribution is 5.89. The van der Waals surface area contributed by atoms with E-state index in [1.165, 1.54) is 7.11 Å². The van der Waals surface area contributed by atoms with Gasteiger partial charge in [-0.25, -0.2) is 9.97 Å². The molecule has 0 radical (unpaired) electrons. The van der Waals surface area contributed by atoms with E-state index in [2.05, 4.69) is 223 Å². The number of aryl methyl sites for hydroxylation is 3. The number of hydrogen-bond donors (Lipinski definition) is 0. The van der Waals surface area contributed by atoms with Crippen molar-refractivity contribution in [2.45, 2.75) is 32.6 Å². The van der Waals surface area contributed by atoms with Gasteiger partial charge >= 0.3 is 5.97 Å². The molecule has 0 unspecified atom stereocenters. The molecule has 0 bridgehead atoms. The molecular formula is C64H52N4O3. The molecule has 0 aliphatic carbocycles. The number of benzene rings is 9. The Balaban J connectivity index is 1.01. The number of esters is 1. The van der Waals surface area contributed by atoms with E-state index in [0.717, 1.165) is 113 Å². The molecule has 0 saturated carbocycles. The molecule has 10 aromatic rings. The highest BCUT2D eigenvalue weighted by Crippen LogP contribution is 2.41. The van der Waals surface area contributed by atoms with Crippen LogP contribution in [-0.4, -0.2) is 29.3 Å². The van der Waals surface area contributed by atoms with Crippen LogP contribution >= 0.6 is 0 Å². The summed E-state index contributed by atoms with van der Waals surface area (Å²) in [6, 6.07) is 78.3. The maximum atomic E-state index is 11.9. The summed E-state index contributed by atoms with van der Waals surface area (Å²) < 4.78 is 4.90. The second-order valence-corrected chi connectivity index (χ2v) is 17.6. The zero-order valence-corrected chi connectivity index (χ0v) is 39.8. The third-order valence-electron chi connectivity index (χ3n) is 12.9. The number of methoxy groups -OCH3 is 1. The van der Waals surface area contributed by atoms with E-state index in [0.29, 0.717) is 25.7 Å². The van der Waals surface area contributed by atoms with Crippen LogP contribution in [0.5, 0.6) is 0 Å². The number of fused-ring (bicyclic) bond motifs is 1. The smallest absolute Gasteiger partial charge is 0.305 e. The summed E-state index contributed by atoms with van der Waals surface area (Å²) >= 11 is 0.